The van der Waals surface area contributed by atoms with Crippen LogP contribution in [0.4, 0.5) is 0 Å². The van der Waals surface area contributed by atoms with Crippen LogP contribution in [0.5, 0.6) is 0 Å². The van der Waals surface area contributed by atoms with Crippen molar-refractivity contribution in [3.05, 3.63) is 35.2 Å². The molecule has 0 fully saturated rings. The zero-order valence-corrected chi connectivity index (χ0v) is 11.2. The van der Waals surface area contributed by atoms with Crippen molar-refractivity contribution in [2.24, 2.45) is 5.41 Å². The van der Waals surface area contributed by atoms with Crippen molar-refractivity contribution < 1.29 is 4.79 Å². The summed E-state index contributed by atoms with van der Waals surface area (Å²) in [7, 11) is 0. The van der Waals surface area contributed by atoms with Crippen LogP contribution in [0.25, 0.3) is 0 Å². The minimum absolute atomic E-state index is 0.102. The lowest BCUT2D eigenvalue weighted by Crippen LogP contribution is -2.27. The lowest BCUT2D eigenvalue weighted by molar-refractivity contribution is 0.0910. The van der Waals surface area contributed by atoms with Crippen LogP contribution in [0.15, 0.2) is 23.9 Å². The molecule has 1 aromatic heterocycles. The smallest absolute Gasteiger partial charge is 0.165 e. The Bertz CT molecular complexity index is 473. The summed E-state index contributed by atoms with van der Waals surface area (Å²) in [5.74, 6) is 0.298. The molecule has 17 heavy (non-hydrogen) atoms. The molecule has 0 aliphatic heterocycles. The Labute approximate surface area is 103 Å². The van der Waals surface area contributed by atoms with Crippen molar-refractivity contribution in [2.75, 3.05) is 0 Å². The molecule has 0 saturated carbocycles. The quantitative estimate of drug-likeness (QED) is 0.713. The Kier molecular flexibility index (Phi) is 2.98. The fourth-order valence-corrected chi connectivity index (χ4v) is 2.45. The molecule has 1 aliphatic rings. The van der Waals surface area contributed by atoms with Gasteiger partial charge in [0.1, 0.15) is 0 Å². The third-order valence-corrected chi connectivity index (χ3v) is 3.36. The predicted octanol–water partition coefficient (Wildman–Crippen LogP) is 3.61. The summed E-state index contributed by atoms with van der Waals surface area (Å²) in [5, 5.41) is 0. The van der Waals surface area contributed by atoms with Crippen LogP contribution in [0, 0.1) is 5.41 Å². The predicted molar refractivity (Wildman–Crippen MR) is 70.3 cm³/mol. The molecule has 2 rings (SSSR count). The zero-order chi connectivity index (χ0) is 12.6. The number of ketones is 1. The highest BCUT2D eigenvalue weighted by Gasteiger charge is 2.32. The van der Waals surface area contributed by atoms with Gasteiger partial charge in [-0.15, -0.1) is 0 Å². The lowest BCUT2D eigenvalue weighted by atomic mass is 9.76. The highest BCUT2D eigenvalue weighted by atomic mass is 16.1. The van der Waals surface area contributed by atoms with E-state index in [0.29, 0.717) is 12.2 Å². The first-order valence-electron chi connectivity index (χ1n) is 6.24. The number of fused-ring (bicyclic) bond motifs is 1. The number of aromatic nitrogens is 1. The Morgan fingerprint density at radius 2 is 2.12 bits per heavy atom. The van der Waals surface area contributed by atoms with Crippen LogP contribution in [0.2, 0.25) is 0 Å². The molecule has 0 bridgehead atoms. The molecule has 2 nitrogen and oxygen atoms in total. The van der Waals surface area contributed by atoms with E-state index in [4.69, 9.17) is 0 Å². The van der Waals surface area contributed by atoms with Crippen LogP contribution in [0.3, 0.4) is 0 Å². The van der Waals surface area contributed by atoms with E-state index >= 15 is 0 Å². The third-order valence-electron chi connectivity index (χ3n) is 3.36. The Morgan fingerprint density at radius 3 is 2.76 bits per heavy atom. The van der Waals surface area contributed by atoms with Gasteiger partial charge in [0, 0.05) is 30.4 Å². The summed E-state index contributed by atoms with van der Waals surface area (Å²) in [4.78, 5) is 12.0. The first-order valence-corrected chi connectivity index (χ1v) is 6.24. The minimum atomic E-state index is 0.102. The number of Topliss-reactive ketones (excluding diaryl/α,β-unsaturated/α-hetero) is 1. The molecule has 0 radical (unpaired) electrons. The lowest BCUT2D eigenvalue weighted by Gasteiger charge is -2.29. The van der Waals surface area contributed by atoms with Gasteiger partial charge >= 0.3 is 0 Å². The molecule has 0 atom stereocenters. The maximum atomic E-state index is 12.0. The fraction of sp³-hybridized carbons (Fsp3) is 0.533. The van der Waals surface area contributed by atoms with Gasteiger partial charge in [0.05, 0.1) is 0 Å². The molecule has 0 unspecified atom stereocenters. The maximum Gasteiger partial charge on any atom is 0.165 e. The van der Waals surface area contributed by atoms with Gasteiger partial charge in [0.2, 0.25) is 0 Å². The highest BCUT2D eigenvalue weighted by molar-refractivity contribution is 5.98. The number of allylic oxidation sites excluding steroid dienone is 2. The van der Waals surface area contributed by atoms with Crippen LogP contribution >= 0.6 is 0 Å². The zero-order valence-electron chi connectivity index (χ0n) is 11.2. The first kappa shape index (κ1) is 12.2. The molecule has 1 aliphatic carbocycles. The molecule has 1 aromatic rings. The van der Waals surface area contributed by atoms with E-state index in [-0.39, 0.29) is 5.41 Å². The second kappa shape index (κ2) is 4.17. The number of nitrogens with zero attached hydrogens (tertiary/aromatic N) is 1. The summed E-state index contributed by atoms with van der Waals surface area (Å²) in [6, 6.07) is 1.98. The van der Waals surface area contributed by atoms with Gasteiger partial charge in [0.15, 0.2) is 5.78 Å². The largest absolute Gasteiger partial charge is 0.347 e. The average Bonchev–Trinajstić information content (AvgIpc) is 2.56. The van der Waals surface area contributed by atoms with Crippen molar-refractivity contribution in [2.45, 2.75) is 47.1 Å². The van der Waals surface area contributed by atoms with Crippen molar-refractivity contribution in [3.63, 3.8) is 0 Å². The molecular weight excluding hydrogens is 210 g/mol. The monoisotopic (exact) mass is 231 g/mol. The molecular formula is C15H21NO. The van der Waals surface area contributed by atoms with Crippen molar-refractivity contribution in [1.29, 1.82) is 0 Å². The first-order chi connectivity index (χ1) is 7.89. The van der Waals surface area contributed by atoms with Gasteiger partial charge in [-0.2, -0.15) is 0 Å². The Morgan fingerprint density at radius 1 is 1.41 bits per heavy atom. The minimum Gasteiger partial charge on any atom is -0.347 e. The van der Waals surface area contributed by atoms with E-state index in [2.05, 4.69) is 38.3 Å². The summed E-state index contributed by atoms with van der Waals surface area (Å²) in [6.07, 6.45) is 5.92. The summed E-state index contributed by atoms with van der Waals surface area (Å²) in [6.45, 7) is 9.43. The topological polar surface area (TPSA) is 22.0 Å². The average molecular weight is 231 g/mol. The van der Waals surface area contributed by atoms with E-state index in [1.165, 1.54) is 11.3 Å². The number of hydrogen-bond donors (Lipinski definition) is 0. The van der Waals surface area contributed by atoms with Gasteiger partial charge < -0.3 is 4.57 Å². The van der Waals surface area contributed by atoms with E-state index in [1.54, 1.807) is 0 Å². The normalized spacial score (nSPS) is 17.8. The second-order valence-corrected chi connectivity index (χ2v) is 6.05. The summed E-state index contributed by atoms with van der Waals surface area (Å²) in [5.41, 5.74) is 3.56. The molecule has 92 valence electrons. The molecule has 2 heteroatoms. The Balaban J connectivity index is 2.34. The van der Waals surface area contributed by atoms with Crippen LogP contribution < -0.4 is 0 Å². The number of hydrogen-bond acceptors (Lipinski definition) is 1. The summed E-state index contributed by atoms with van der Waals surface area (Å²) < 4.78 is 2.21. The van der Waals surface area contributed by atoms with Crippen LogP contribution in [0.1, 0.15) is 50.2 Å². The molecule has 0 aromatic carbocycles. The summed E-state index contributed by atoms with van der Waals surface area (Å²) >= 11 is 0. The standard InChI is InChI=1S/C15H21NO/c1-11(2)5-7-16-8-6-12-13(16)9-15(3,4)10-14(12)17/h5-6,8H,7,9-10H2,1-4H3. The SMILES string of the molecule is CC(C)=CCn1ccc2c1CC(C)(C)CC2=O. The van der Waals surface area contributed by atoms with Gasteiger partial charge in [-0.05, 0) is 31.7 Å². The number of carbonyl (C=O) groups excluding carboxylic acids is 1. The van der Waals surface area contributed by atoms with E-state index < -0.39 is 0 Å². The highest BCUT2D eigenvalue weighted by Crippen LogP contribution is 2.35. The van der Waals surface area contributed by atoms with Gasteiger partial charge in [0.25, 0.3) is 0 Å². The fourth-order valence-electron chi connectivity index (χ4n) is 2.45. The second-order valence-electron chi connectivity index (χ2n) is 6.05. The van der Waals surface area contributed by atoms with Crippen LogP contribution in [-0.2, 0) is 13.0 Å². The molecule has 0 N–H and O–H groups in total. The van der Waals surface area contributed by atoms with Gasteiger partial charge in [-0.3, -0.25) is 4.79 Å². The van der Waals surface area contributed by atoms with Crippen molar-refractivity contribution in [3.8, 4) is 0 Å². The van der Waals surface area contributed by atoms with Gasteiger partial charge in [-0.1, -0.05) is 25.5 Å². The Hall–Kier alpha value is -1.31. The molecule has 0 amide bonds. The van der Waals surface area contributed by atoms with Crippen molar-refractivity contribution in [1.82, 2.24) is 4.57 Å². The van der Waals surface area contributed by atoms with Gasteiger partial charge in [-0.25, -0.2) is 0 Å². The third kappa shape index (κ3) is 2.51. The number of carbonyl (C=O) groups is 1. The van der Waals surface area contributed by atoms with Crippen LogP contribution in [-0.4, -0.2) is 10.4 Å². The molecule has 1 heterocycles. The van der Waals surface area contributed by atoms with Crippen molar-refractivity contribution >= 4 is 5.78 Å². The molecule has 0 spiro atoms. The number of rotatable bonds is 2. The van der Waals surface area contributed by atoms with E-state index in [1.807, 2.05) is 12.3 Å². The molecule has 0 saturated heterocycles. The van der Waals surface area contributed by atoms with E-state index in [9.17, 15) is 4.79 Å². The maximum absolute atomic E-state index is 12.0. The van der Waals surface area contributed by atoms with E-state index in [0.717, 1.165) is 18.5 Å².